The van der Waals surface area contributed by atoms with Crippen LogP contribution in [-0.2, 0) is 19.1 Å². The maximum Gasteiger partial charge on any atom is 0.139 e. The number of carbonyl (C=O) groups is 3. The van der Waals surface area contributed by atoms with Crippen LogP contribution in [0, 0.1) is 251 Å². The summed E-state index contributed by atoms with van der Waals surface area (Å²) < 4.78 is 6.00. The summed E-state index contributed by atoms with van der Waals surface area (Å²) >= 11 is 0. The molecule has 0 bridgehead atoms. The summed E-state index contributed by atoms with van der Waals surface area (Å²) in [6, 6.07) is 2.64. The summed E-state index contributed by atoms with van der Waals surface area (Å²) in [6.07, 6.45) is 72.1. The highest BCUT2D eigenvalue weighted by molar-refractivity contribution is 5.87. The van der Waals surface area contributed by atoms with E-state index in [1.165, 1.54) is 238 Å². The van der Waals surface area contributed by atoms with Crippen LogP contribution in [0.15, 0.2) is 11.6 Å². The Morgan fingerprint density at radius 2 is 0.752 bits per heavy atom. The molecule has 9 heteroatoms. The van der Waals surface area contributed by atoms with Gasteiger partial charge >= 0.3 is 0 Å². The number of epoxide rings is 1. The number of aliphatic hydroxyl groups is 4. The molecule has 23 saturated carbocycles. The Hall–Kier alpha value is -1.96. The molecule has 24 fully saturated rings. The first kappa shape index (κ1) is 90.8. The zero-order chi connectivity index (χ0) is 86.8. The molecule has 1 aliphatic heterocycles. The normalized spacial score (nSPS) is 55.8. The molecular weight excluding hydrogens is 1540 g/mol. The van der Waals surface area contributed by atoms with Crippen molar-refractivity contribution in [2.24, 2.45) is 240 Å². The van der Waals surface area contributed by atoms with E-state index in [0.29, 0.717) is 74.9 Å². The number of hydrogen-bond donors (Lipinski definition) is 4. The highest BCUT2D eigenvalue weighted by Crippen LogP contribution is 2.72. The van der Waals surface area contributed by atoms with E-state index in [0.717, 1.165) is 261 Å². The van der Waals surface area contributed by atoms with Gasteiger partial charge in [0.2, 0.25) is 0 Å². The number of ether oxygens (including phenoxy) is 1. The number of ketones is 3. The minimum atomic E-state index is -0.0327. The maximum absolute atomic E-state index is 12.3. The molecule has 0 aromatic carbocycles. The molecule has 1 heterocycles. The van der Waals surface area contributed by atoms with Gasteiger partial charge in [-0.25, -0.2) is 0 Å². The first-order chi connectivity index (χ1) is 60.0. The zero-order valence-electron chi connectivity index (χ0n) is 81.3. The van der Waals surface area contributed by atoms with Crippen LogP contribution in [0.3, 0.4) is 0 Å². The van der Waals surface area contributed by atoms with E-state index in [4.69, 9.17) is 4.74 Å². The third-order valence-electron chi connectivity index (χ3n) is 49.0. The van der Waals surface area contributed by atoms with Gasteiger partial charge in [-0.2, -0.15) is 5.26 Å². The van der Waals surface area contributed by atoms with Crippen molar-refractivity contribution in [3.8, 4) is 6.07 Å². The molecule has 1 spiro atoms. The topological polar surface area (TPSA) is 168 Å². The summed E-state index contributed by atoms with van der Waals surface area (Å²) in [5.41, 5.74) is 3.84. The van der Waals surface area contributed by atoms with Gasteiger partial charge in [0, 0.05) is 41.6 Å². The Labute approximate surface area is 761 Å². The molecule has 0 aromatic rings. The lowest BCUT2D eigenvalue weighted by molar-refractivity contribution is -0.133. The lowest BCUT2D eigenvalue weighted by Crippen LogP contribution is -2.49. The van der Waals surface area contributed by atoms with Gasteiger partial charge in [-0.15, -0.1) is 0 Å². The second-order valence-electron chi connectivity index (χ2n) is 54.0. The Balaban J connectivity index is 0.0000000948. The highest BCUT2D eigenvalue weighted by Gasteiger charge is 2.69. The van der Waals surface area contributed by atoms with E-state index >= 15 is 0 Å². The molecule has 45 atom stereocenters. The van der Waals surface area contributed by atoms with Crippen molar-refractivity contribution in [2.75, 3.05) is 13.2 Å². The minimum Gasteiger partial charge on any atom is -0.396 e. The number of hydrogen-bond acceptors (Lipinski definition) is 9. The van der Waals surface area contributed by atoms with Crippen LogP contribution in [0.2, 0.25) is 0 Å². The summed E-state index contributed by atoms with van der Waals surface area (Å²) in [6.45, 7) is 25.2. The molecule has 1 saturated heterocycles. The monoisotopic (exact) mass is 1720 g/mol. The van der Waals surface area contributed by atoms with Crippen LogP contribution in [0.4, 0.5) is 0 Å². The van der Waals surface area contributed by atoms with E-state index in [2.05, 4.69) is 74.5 Å². The van der Waals surface area contributed by atoms with Gasteiger partial charge in [-0.3, -0.25) is 14.4 Å². The minimum absolute atomic E-state index is 0.00581. The predicted molar refractivity (Wildman–Crippen MR) is 501 cm³/mol. The maximum atomic E-state index is 12.3. The van der Waals surface area contributed by atoms with Crippen molar-refractivity contribution in [2.45, 2.75) is 433 Å². The molecule has 0 amide bonds. The van der Waals surface area contributed by atoms with Crippen LogP contribution >= 0.6 is 0 Å². The van der Waals surface area contributed by atoms with Crippen LogP contribution in [0.25, 0.3) is 0 Å². The Morgan fingerprint density at radius 3 is 1.20 bits per heavy atom. The van der Waals surface area contributed by atoms with E-state index in [-0.39, 0.29) is 29.1 Å². The molecule has 700 valence electrons. The number of Topliss-reactive ketones (excluding diaryl/α,β-unsaturated/α-hetero) is 3. The molecule has 0 aromatic heterocycles. The SMILES string of the molecule is CC(=O)[C@@H]1CC[C@@H]2C[C@H]3[C@@H](CC[C@H]4C[C@H](O)CC[C@@H]43)C[C@]21C.CC1=CC[C@@H]2C[C@H]3[C@@H](CC[C@H]4C[C@H](C)CC[C@@H]43)C[C@@]12C.C[C@@H]1CC[C@H]2[C@@H](CC[C@H]3C[C@@]4(C)C(=O)CC[C@@H]4C[C@@H]32)C1.C[C@@]12C[C@@H]3CC[C@H]4C[C@H](CO)CC[C@@H]4[C@H]3C[C@H]1CC[C@H]2C#N.C[C@@]12C[C@@H]3CC[C@H]4C[C@H](O)CC[C@@H]4[C@H]3C[C@H]1CCC2=O.C[C@@]12C[C@@H]3CC[C@H]4C[C@H](O)CC[C@@H]4[C@H]3C[C@H]1CC[C@]21CO1. The summed E-state index contributed by atoms with van der Waals surface area (Å²) in [7, 11) is 0. The number of allylic oxidation sites excluding steroid dienone is 2. The van der Waals surface area contributed by atoms with Gasteiger partial charge in [0.25, 0.3) is 0 Å². The molecule has 4 N–H and O–H groups in total. The molecule has 24 aliphatic carbocycles. The second kappa shape index (κ2) is 35.6. The standard InChI is InChI=1S/C20H31NO.C20H32O2.C20H32.C19H30O2.C19H30O.C18H28O2/c1-20-10-15-4-3-14-8-13(12-22)2-7-18(14)19(15)9-16(20)5-6-17(20)11-21;1-12(21)19-8-5-15-10-18-14(11-20(15,19)2)4-3-13-9-16(22)6-7-17(13)18;1-13-4-9-18-15(10-13)6-7-16-12-20(3)14(2)5-8-17(20)11-19(16)18;1-18-10-13-3-2-12-8-15(20)4-5-16(12)17(13)9-14(18)6-7-19(18)11-21-19;1-12-3-7-16-13(9-12)4-5-14-11-19(2)15(10-17(14)16)6-8-18(19)20;1-18-10-12-3-2-11-8-14(19)5-6-15(11)16(12)9-13(18)4-7-17(18)20/h13-19,22H,2-10,12H2,1H3;13-19,22H,3-11H2,1-2H3;5,13,15-19H,4,6-12H2,1-3H3;12-17,20H,2-11H2,1H3;12-17H,3-11H2,1-2H3;11-16,19H,2-10H2,1H3/t13-,14+,15+,16-,17+,18+,19+,20-;13-,14-,15+,16+,17-,18-,19-,20+;13-,15+,16+,17-,18+,19+,20+;12-,13-,14+,15+,16-,17-,18+,19-;12-,13+,14+,15-,16+,17+,19-;11-,12-,13+,14+,15-,16-,18+/m101010/s1. The molecule has 9 nitrogen and oxygen atoms in total. The number of fused-ring (bicyclic) bond motifs is 25. The molecule has 0 unspecified atom stereocenters. The molecule has 25 rings (SSSR count). The van der Waals surface area contributed by atoms with E-state index < -0.39 is 0 Å². The van der Waals surface area contributed by atoms with Crippen LogP contribution in [0.1, 0.15) is 410 Å². The summed E-state index contributed by atoms with van der Waals surface area (Å²) in [5.74, 6) is 32.1. The molecule has 0 radical (unpaired) electrons. The Morgan fingerprint density at radius 1 is 0.384 bits per heavy atom. The van der Waals surface area contributed by atoms with E-state index in [1.807, 2.05) is 6.92 Å². The first-order valence-electron chi connectivity index (χ1n) is 55.9. The third-order valence-corrected chi connectivity index (χ3v) is 49.0. The summed E-state index contributed by atoms with van der Waals surface area (Å²) in [5, 5.41) is 48.9. The number of aliphatic hydroxyl groups excluding tert-OH is 4. The zero-order valence-corrected chi connectivity index (χ0v) is 81.3. The average Bonchev–Trinajstić information content (AvgIpc) is 1.53. The Bertz CT molecular complexity index is 3800. The fraction of sp³-hybridized carbons (Fsp3) is 0.948. The Kier molecular flexibility index (Phi) is 25.9. The van der Waals surface area contributed by atoms with Gasteiger partial charge in [0.15, 0.2) is 0 Å². The molecule has 125 heavy (non-hydrogen) atoms. The first-order valence-corrected chi connectivity index (χ1v) is 55.9. The lowest BCUT2D eigenvalue weighted by Gasteiger charge is -2.55. The third kappa shape index (κ3) is 16.4. The van der Waals surface area contributed by atoms with Crippen LogP contribution in [-0.4, -0.2) is 74.9 Å². The van der Waals surface area contributed by atoms with E-state index in [9.17, 15) is 40.1 Å². The van der Waals surface area contributed by atoms with Crippen molar-refractivity contribution < 1.29 is 39.5 Å². The number of rotatable bonds is 2. The molecular formula is C116H183NO8. The number of nitriles is 1. The second-order valence-corrected chi connectivity index (χ2v) is 54.0. The van der Waals surface area contributed by atoms with Gasteiger partial charge in [0.05, 0.1) is 42.5 Å². The fourth-order valence-electron chi connectivity index (χ4n) is 41.7. The largest absolute Gasteiger partial charge is 0.396 e. The van der Waals surface area contributed by atoms with Crippen molar-refractivity contribution in [3.63, 3.8) is 0 Å². The van der Waals surface area contributed by atoms with Gasteiger partial charge in [-0.05, 0) is 540 Å². The van der Waals surface area contributed by atoms with E-state index in [1.54, 1.807) is 37.7 Å². The van der Waals surface area contributed by atoms with Gasteiger partial charge < -0.3 is 25.2 Å². The predicted octanol–water partition coefficient (Wildman–Crippen LogP) is 26.6. The quantitative estimate of drug-likeness (QED) is 0.155. The van der Waals surface area contributed by atoms with Crippen molar-refractivity contribution >= 4 is 17.3 Å². The number of carbonyl (C=O) groups excluding carboxylic acids is 3. The van der Waals surface area contributed by atoms with Gasteiger partial charge in [0.1, 0.15) is 17.3 Å². The number of nitrogens with zero attached hydrogens (tertiary/aromatic N) is 1. The van der Waals surface area contributed by atoms with Crippen molar-refractivity contribution in [1.82, 2.24) is 0 Å². The summed E-state index contributed by atoms with van der Waals surface area (Å²) in [4.78, 5) is 36.7. The fourth-order valence-corrected chi connectivity index (χ4v) is 41.7. The average molecular weight is 1720 g/mol. The lowest BCUT2D eigenvalue weighted by atomic mass is 9.50. The van der Waals surface area contributed by atoms with Crippen molar-refractivity contribution in [3.05, 3.63) is 11.6 Å². The molecule has 25 aliphatic rings. The van der Waals surface area contributed by atoms with Gasteiger partial charge in [-0.1, -0.05) is 79.9 Å². The van der Waals surface area contributed by atoms with Crippen LogP contribution in [0.5, 0.6) is 0 Å². The van der Waals surface area contributed by atoms with Crippen molar-refractivity contribution in [1.29, 1.82) is 5.26 Å². The highest BCUT2D eigenvalue weighted by atomic mass is 16.6. The van der Waals surface area contributed by atoms with Crippen LogP contribution < -0.4 is 0 Å². The smallest absolute Gasteiger partial charge is 0.139 e.